The minimum absolute atomic E-state index is 0.527. The minimum atomic E-state index is -0.563. The van der Waals surface area contributed by atoms with Gasteiger partial charge >= 0.3 is 6.03 Å². The van der Waals surface area contributed by atoms with Gasteiger partial charge in [0.15, 0.2) is 5.82 Å². The molecule has 1 aromatic carbocycles. The Morgan fingerprint density at radius 1 is 1.33 bits per heavy atom. The van der Waals surface area contributed by atoms with E-state index in [1.807, 2.05) is 30.3 Å². The summed E-state index contributed by atoms with van der Waals surface area (Å²) in [5, 5.41) is 2.82. The molecule has 0 saturated carbocycles. The monoisotopic (exact) mass is 258 g/mol. The number of carbonyl (C=O) groups excluding carboxylic acids is 1. The van der Waals surface area contributed by atoms with E-state index >= 15 is 0 Å². The molecule has 0 aliphatic carbocycles. The van der Waals surface area contributed by atoms with Crippen LogP contribution >= 0.6 is 11.5 Å². The second kappa shape index (κ2) is 4.15. The largest absolute Gasteiger partial charge is 0.351 e. The number of H-pyrrole nitrogens is 1. The zero-order valence-corrected chi connectivity index (χ0v) is 10.1. The molecule has 6 heteroatoms. The van der Waals surface area contributed by atoms with Crippen molar-refractivity contribution in [2.75, 3.05) is 4.90 Å². The zero-order chi connectivity index (χ0) is 12.5. The highest BCUT2D eigenvalue weighted by Gasteiger charge is 2.18. The molecule has 0 aliphatic heterocycles. The van der Waals surface area contributed by atoms with Gasteiger partial charge < -0.3 is 10.7 Å². The molecule has 0 fully saturated rings. The fourth-order valence-electron chi connectivity index (χ4n) is 1.86. The number of anilines is 2. The maximum Gasteiger partial charge on any atom is 0.326 e. The van der Waals surface area contributed by atoms with Crippen LogP contribution in [0.5, 0.6) is 0 Å². The Bertz CT molecular complexity index is 656. The van der Waals surface area contributed by atoms with Crippen molar-refractivity contribution in [1.82, 2.24) is 9.36 Å². The molecule has 2 aromatic heterocycles. The molecule has 2 heterocycles. The maximum absolute atomic E-state index is 11.6. The lowest BCUT2D eigenvalue weighted by molar-refractivity contribution is 0.256. The summed E-state index contributed by atoms with van der Waals surface area (Å²) in [4.78, 5) is 16.1. The first-order chi connectivity index (χ1) is 8.75. The molecule has 5 nitrogen and oxygen atoms in total. The molecule has 3 N–H and O–H groups in total. The normalized spacial score (nSPS) is 10.7. The number of urea groups is 1. The predicted octanol–water partition coefficient (Wildman–Crippen LogP) is 2.84. The van der Waals surface area contributed by atoms with Crippen molar-refractivity contribution in [3.05, 3.63) is 41.8 Å². The standard InChI is InChI=1S/C12H10N4OS/c13-12(17)16(10-5-6-18-15-10)11-7-8-3-1-2-4-9(8)14-11/h1-7,14H,(H2,13,17). The molecule has 0 aliphatic rings. The van der Waals surface area contributed by atoms with Crippen LogP contribution in [0.25, 0.3) is 10.9 Å². The van der Waals surface area contributed by atoms with Crippen molar-refractivity contribution in [2.45, 2.75) is 0 Å². The molecule has 0 bridgehead atoms. The van der Waals surface area contributed by atoms with Crippen LogP contribution in [0.3, 0.4) is 0 Å². The predicted molar refractivity (Wildman–Crippen MR) is 72.1 cm³/mol. The summed E-state index contributed by atoms with van der Waals surface area (Å²) in [6.45, 7) is 0. The Balaban J connectivity index is 2.13. The molecule has 18 heavy (non-hydrogen) atoms. The van der Waals surface area contributed by atoms with E-state index in [9.17, 15) is 4.79 Å². The van der Waals surface area contributed by atoms with Crippen molar-refractivity contribution < 1.29 is 4.79 Å². The highest BCUT2D eigenvalue weighted by molar-refractivity contribution is 7.03. The van der Waals surface area contributed by atoms with Crippen molar-refractivity contribution in [1.29, 1.82) is 0 Å². The molecule has 3 aromatic rings. The summed E-state index contributed by atoms with van der Waals surface area (Å²) in [7, 11) is 0. The molecular weight excluding hydrogens is 248 g/mol. The van der Waals surface area contributed by atoms with E-state index in [0.29, 0.717) is 11.6 Å². The van der Waals surface area contributed by atoms with Crippen LogP contribution in [0.1, 0.15) is 0 Å². The zero-order valence-electron chi connectivity index (χ0n) is 9.33. The number of hydrogen-bond acceptors (Lipinski definition) is 3. The Morgan fingerprint density at radius 2 is 2.17 bits per heavy atom. The third-order valence-corrected chi connectivity index (χ3v) is 3.18. The number of carbonyl (C=O) groups is 1. The van der Waals surface area contributed by atoms with Crippen LogP contribution < -0.4 is 10.6 Å². The lowest BCUT2D eigenvalue weighted by Gasteiger charge is -2.15. The van der Waals surface area contributed by atoms with Gasteiger partial charge in [0.2, 0.25) is 0 Å². The molecule has 3 rings (SSSR count). The van der Waals surface area contributed by atoms with Gasteiger partial charge in [-0.15, -0.1) is 0 Å². The van der Waals surface area contributed by atoms with E-state index in [0.717, 1.165) is 10.9 Å². The van der Waals surface area contributed by atoms with Gasteiger partial charge in [-0.3, -0.25) is 0 Å². The summed E-state index contributed by atoms with van der Waals surface area (Å²) < 4.78 is 4.13. The highest BCUT2D eigenvalue weighted by atomic mass is 32.1. The van der Waals surface area contributed by atoms with E-state index in [4.69, 9.17) is 5.73 Å². The van der Waals surface area contributed by atoms with Gasteiger partial charge in [0.05, 0.1) is 0 Å². The average Bonchev–Trinajstić information content (AvgIpc) is 2.97. The summed E-state index contributed by atoms with van der Waals surface area (Å²) >= 11 is 1.27. The maximum atomic E-state index is 11.6. The van der Waals surface area contributed by atoms with Crippen LogP contribution in [-0.4, -0.2) is 15.4 Å². The average molecular weight is 258 g/mol. The Hall–Kier alpha value is -2.34. The number of nitrogens with two attached hydrogens (primary N) is 1. The lowest BCUT2D eigenvalue weighted by Crippen LogP contribution is -2.31. The first-order valence-electron chi connectivity index (χ1n) is 5.33. The number of amides is 2. The summed E-state index contributed by atoms with van der Waals surface area (Å²) in [6.07, 6.45) is 0. The molecule has 90 valence electrons. The Kier molecular flexibility index (Phi) is 2.49. The van der Waals surface area contributed by atoms with Crippen LogP contribution in [0.15, 0.2) is 41.8 Å². The van der Waals surface area contributed by atoms with Crippen molar-refractivity contribution >= 4 is 40.1 Å². The number of rotatable bonds is 2. The van der Waals surface area contributed by atoms with Gasteiger partial charge in [-0.05, 0) is 29.7 Å². The number of nitrogens with one attached hydrogen (secondary N) is 1. The van der Waals surface area contributed by atoms with Gasteiger partial charge in [0.25, 0.3) is 0 Å². The van der Waals surface area contributed by atoms with Gasteiger partial charge in [-0.2, -0.15) is 4.37 Å². The van der Waals surface area contributed by atoms with Gasteiger partial charge in [-0.1, -0.05) is 18.2 Å². The van der Waals surface area contributed by atoms with Crippen molar-refractivity contribution in [3.63, 3.8) is 0 Å². The number of primary amides is 1. The third kappa shape index (κ3) is 1.72. The van der Waals surface area contributed by atoms with Crippen LogP contribution in [-0.2, 0) is 0 Å². The van der Waals surface area contributed by atoms with Gasteiger partial charge in [0.1, 0.15) is 5.82 Å². The van der Waals surface area contributed by atoms with Crippen molar-refractivity contribution in [2.24, 2.45) is 5.73 Å². The number of fused-ring (bicyclic) bond motifs is 1. The van der Waals surface area contributed by atoms with E-state index in [2.05, 4.69) is 9.36 Å². The SMILES string of the molecule is NC(=O)N(c1ccsn1)c1cc2ccccc2[nH]1. The molecular formula is C12H10N4OS. The number of aromatic amines is 1. The summed E-state index contributed by atoms with van der Waals surface area (Å²) in [6, 6.07) is 10.8. The molecule has 2 amide bonds. The number of aromatic nitrogens is 2. The van der Waals surface area contributed by atoms with E-state index in [1.165, 1.54) is 16.4 Å². The van der Waals surface area contributed by atoms with Gasteiger partial charge in [0, 0.05) is 16.3 Å². The van der Waals surface area contributed by atoms with Crippen molar-refractivity contribution in [3.8, 4) is 0 Å². The molecule has 0 atom stereocenters. The van der Waals surface area contributed by atoms with E-state index in [-0.39, 0.29) is 0 Å². The van der Waals surface area contributed by atoms with Crippen LogP contribution in [0.4, 0.5) is 16.4 Å². The van der Waals surface area contributed by atoms with Crippen LogP contribution in [0, 0.1) is 0 Å². The topological polar surface area (TPSA) is 75.0 Å². The van der Waals surface area contributed by atoms with Gasteiger partial charge in [-0.25, -0.2) is 9.69 Å². The highest BCUT2D eigenvalue weighted by Crippen LogP contribution is 2.27. The summed E-state index contributed by atoms with van der Waals surface area (Å²) in [5.41, 5.74) is 6.37. The fraction of sp³-hybridized carbons (Fsp3) is 0. The smallest absolute Gasteiger partial charge is 0.326 e. The molecule has 0 unspecified atom stereocenters. The number of nitrogens with zero attached hydrogens (tertiary/aromatic N) is 2. The van der Waals surface area contributed by atoms with Crippen LogP contribution in [0.2, 0.25) is 0 Å². The molecule has 0 saturated heterocycles. The number of benzene rings is 1. The van der Waals surface area contributed by atoms with E-state index < -0.39 is 6.03 Å². The minimum Gasteiger partial charge on any atom is -0.351 e. The summed E-state index contributed by atoms with van der Waals surface area (Å²) in [5.74, 6) is 1.15. The number of hydrogen-bond donors (Lipinski definition) is 2. The third-order valence-electron chi connectivity index (χ3n) is 2.63. The molecule has 0 radical (unpaired) electrons. The Morgan fingerprint density at radius 3 is 2.83 bits per heavy atom. The quantitative estimate of drug-likeness (QED) is 0.741. The second-order valence-corrected chi connectivity index (χ2v) is 4.44. The Labute approximate surface area is 107 Å². The number of para-hydroxylation sites is 1. The molecule has 0 spiro atoms. The van der Waals surface area contributed by atoms with E-state index in [1.54, 1.807) is 11.4 Å². The first-order valence-corrected chi connectivity index (χ1v) is 6.17. The lowest BCUT2D eigenvalue weighted by atomic mass is 10.2. The fourth-order valence-corrected chi connectivity index (χ4v) is 2.35. The first kappa shape index (κ1) is 10.8. The second-order valence-electron chi connectivity index (χ2n) is 3.77.